The summed E-state index contributed by atoms with van der Waals surface area (Å²) in [5.74, 6) is 0. The van der Waals surface area contributed by atoms with Crippen molar-refractivity contribution in [2.75, 3.05) is 0 Å². The van der Waals surface area contributed by atoms with E-state index >= 15 is 0 Å². The quantitative estimate of drug-likeness (QED) is 0.742. The van der Waals surface area contributed by atoms with Crippen LogP contribution in [0, 0.1) is 0 Å². The Bertz CT molecular complexity index is 522. The fraction of sp³-hybridized carbons (Fsp3) is 0.429. The molecule has 0 aliphatic rings. The fourth-order valence-corrected chi connectivity index (χ4v) is 2.53. The Morgan fingerprint density at radius 3 is 2.41 bits per heavy atom. The van der Waals surface area contributed by atoms with Gasteiger partial charge >= 0.3 is 0 Å². The van der Waals surface area contributed by atoms with E-state index in [-0.39, 0.29) is 5.41 Å². The van der Waals surface area contributed by atoms with E-state index in [1.54, 1.807) is 0 Å². The molecular formula is C14H21NOSi. The van der Waals surface area contributed by atoms with Gasteiger partial charge in [0, 0.05) is 11.6 Å². The van der Waals surface area contributed by atoms with E-state index in [9.17, 15) is 0 Å². The molecule has 0 spiro atoms. The number of benzene rings is 1. The number of fused-ring (bicyclic) bond motifs is 1. The molecule has 0 atom stereocenters. The topological polar surface area (TPSA) is 14.2 Å². The maximum atomic E-state index is 5.89. The van der Waals surface area contributed by atoms with Crippen LogP contribution in [0.3, 0.4) is 0 Å². The average molecular weight is 247 g/mol. The zero-order valence-electron chi connectivity index (χ0n) is 11.3. The van der Waals surface area contributed by atoms with Crippen LogP contribution in [-0.4, -0.2) is 13.8 Å². The highest BCUT2D eigenvalue weighted by Gasteiger charge is 2.15. The summed E-state index contributed by atoms with van der Waals surface area (Å²) in [5, 5.41) is 1.24. The van der Waals surface area contributed by atoms with Crippen LogP contribution in [0.2, 0.25) is 13.1 Å². The summed E-state index contributed by atoms with van der Waals surface area (Å²) in [6.45, 7) is 11.1. The molecule has 2 aromatic rings. The minimum Gasteiger partial charge on any atom is -0.474 e. The first-order valence-corrected chi connectivity index (χ1v) is 8.95. The molecule has 0 aliphatic carbocycles. The van der Waals surface area contributed by atoms with Crippen molar-refractivity contribution in [3.8, 4) is 0 Å². The monoisotopic (exact) mass is 247 g/mol. The molecule has 1 aromatic heterocycles. The maximum absolute atomic E-state index is 5.89. The van der Waals surface area contributed by atoms with Crippen molar-refractivity contribution in [1.82, 2.24) is 4.73 Å². The van der Waals surface area contributed by atoms with E-state index in [1.165, 1.54) is 16.5 Å². The lowest BCUT2D eigenvalue weighted by Crippen LogP contribution is -2.22. The third-order valence-corrected chi connectivity index (χ3v) is 3.50. The Labute approximate surface area is 105 Å². The minimum atomic E-state index is -1.07. The molecule has 17 heavy (non-hydrogen) atoms. The normalized spacial score (nSPS) is 12.4. The molecule has 0 fully saturated rings. The summed E-state index contributed by atoms with van der Waals surface area (Å²) in [6.07, 6.45) is 2.02. The van der Waals surface area contributed by atoms with Crippen molar-refractivity contribution in [2.45, 2.75) is 39.3 Å². The van der Waals surface area contributed by atoms with Gasteiger partial charge in [-0.1, -0.05) is 32.9 Å². The lowest BCUT2D eigenvalue weighted by atomic mass is 9.87. The number of rotatable bonds is 2. The number of hydrogen-bond donors (Lipinski definition) is 0. The van der Waals surface area contributed by atoms with Gasteiger partial charge in [0.2, 0.25) is 0 Å². The van der Waals surface area contributed by atoms with E-state index in [0.717, 1.165) is 0 Å². The highest BCUT2D eigenvalue weighted by Crippen LogP contribution is 2.26. The third-order valence-electron chi connectivity index (χ3n) is 2.85. The van der Waals surface area contributed by atoms with Gasteiger partial charge in [-0.25, -0.2) is 4.73 Å². The first-order chi connectivity index (χ1) is 7.88. The molecule has 0 unspecified atom stereocenters. The standard InChI is InChI=1S/C14H21NOSi/c1-14(2,3)12-7-6-11-8-9-15(13(11)10-12)16-17(4)5/h6-10,17H,1-5H3. The van der Waals surface area contributed by atoms with Gasteiger partial charge in [0.05, 0.1) is 5.52 Å². The van der Waals surface area contributed by atoms with Gasteiger partial charge < -0.3 is 4.53 Å². The average Bonchev–Trinajstić information content (AvgIpc) is 2.59. The molecule has 1 aromatic carbocycles. The predicted octanol–water partition coefficient (Wildman–Crippen LogP) is 3.35. The summed E-state index contributed by atoms with van der Waals surface area (Å²) in [7, 11) is -1.07. The van der Waals surface area contributed by atoms with Gasteiger partial charge in [-0.05, 0) is 36.2 Å². The molecule has 0 aliphatic heterocycles. The zero-order chi connectivity index (χ0) is 12.6. The highest BCUT2D eigenvalue weighted by molar-refractivity contribution is 6.48. The first-order valence-electron chi connectivity index (χ1n) is 6.16. The zero-order valence-corrected chi connectivity index (χ0v) is 12.5. The van der Waals surface area contributed by atoms with Crippen molar-refractivity contribution < 1.29 is 4.53 Å². The molecule has 0 saturated heterocycles. The van der Waals surface area contributed by atoms with Crippen LogP contribution in [0.5, 0.6) is 0 Å². The predicted molar refractivity (Wildman–Crippen MR) is 76.1 cm³/mol. The Balaban J connectivity index is 2.50. The van der Waals surface area contributed by atoms with E-state index in [2.05, 4.69) is 58.1 Å². The largest absolute Gasteiger partial charge is 0.474 e. The van der Waals surface area contributed by atoms with Crippen LogP contribution in [-0.2, 0) is 5.41 Å². The molecule has 0 bridgehead atoms. The maximum Gasteiger partial charge on any atom is 0.264 e. The van der Waals surface area contributed by atoms with E-state index in [1.807, 2.05) is 10.9 Å². The molecule has 2 rings (SSSR count). The van der Waals surface area contributed by atoms with E-state index in [0.29, 0.717) is 0 Å². The van der Waals surface area contributed by atoms with Gasteiger partial charge in [0.25, 0.3) is 9.04 Å². The Kier molecular flexibility index (Phi) is 3.04. The van der Waals surface area contributed by atoms with Gasteiger partial charge in [0.1, 0.15) is 0 Å². The lowest BCUT2D eigenvalue weighted by molar-refractivity contribution is 0.296. The van der Waals surface area contributed by atoms with Crippen molar-refractivity contribution in [2.24, 2.45) is 0 Å². The number of hydrogen-bond acceptors (Lipinski definition) is 1. The molecule has 1 heterocycles. The fourth-order valence-electron chi connectivity index (χ4n) is 1.89. The van der Waals surface area contributed by atoms with Gasteiger partial charge in [-0.15, -0.1) is 0 Å². The molecule has 0 amide bonds. The molecule has 92 valence electrons. The van der Waals surface area contributed by atoms with E-state index in [4.69, 9.17) is 4.53 Å². The highest BCUT2D eigenvalue weighted by atomic mass is 28.3. The van der Waals surface area contributed by atoms with Crippen molar-refractivity contribution in [3.63, 3.8) is 0 Å². The molecule has 3 heteroatoms. The summed E-state index contributed by atoms with van der Waals surface area (Å²) < 4.78 is 7.82. The molecule has 0 N–H and O–H groups in total. The van der Waals surface area contributed by atoms with E-state index < -0.39 is 9.04 Å². The van der Waals surface area contributed by atoms with Gasteiger partial charge in [-0.2, -0.15) is 0 Å². The summed E-state index contributed by atoms with van der Waals surface area (Å²) in [6, 6.07) is 8.74. The van der Waals surface area contributed by atoms with Crippen LogP contribution in [0.15, 0.2) is 30.5 Å². The van der Waals surface area contributed by atoms with Crippen LogP contribution in [0.4, 0.5) is 0 Å². The van der Waals surface area contributed by atoms with Crippen LogP contribution < -0.4 is 4.53 Å². The number of aromatic nitrogens is 1. The van der Waals surface area contributed by atoms with Gasteiger partial charge in [-0.3, -0.25) is 0 Å². The second-order valence-electron chi connectivity index (χ2n) is 5.82. The second-order valence-corrected chi connectivity index (χ2v) is 8.13. The third kappa shape index (κ3) is 2.55. The Morgan fingerprint density at radius 2 is 1.82 bits per heavy atom. The van der Waals surface area contributed by atoms with Crippen LogP contribution in [0.25, 0.3) is 10.9 Å². The minimum absolute atomic E-state index is 0.179. The summed E-state index contributed by atoms with van der Waals surface area (Å²) >= 11 is 0. The van der Waals surface area contributed by atoms with Crippen LogP contribution >= 0.6 is 0 Å². The van der Waals surface area contributed by atoms with Crippen molar-refractivity contribution in [1.29, 1.82) is 0 Å². The Morgan fingerprint density at radius 1 is 1.12 bits per heavy atom. The van der Waals surface area contributed by atoms with Crippen LogP contribution in [0.1, 0.15) is 26.3 Å². The SMILES string of the molecule is C[SiH](C)On1ccc2ccc(C(C)(C)C)cc21. The molecule has 0 saturated carbocycles. The lowest BCUT2D eigenvalue weighted by Gasteiger charge is -2.19. The second kappa shape index (κ2) is 4.22. The Hall–Kier alpha value is -1.22. The van der Waals surface area contributed by atoms with Gasteiger partial charge in [0.15, 0.2) is 0 Å². The molecule has 2 nitrogen and oxygen atoms in total. The van der Waals surface area contributed by atoms with Crippen molar-refractivity contribution in [3.05, 3.63) is 36.0 Å². The first kappa shape index (κ1) is 12.2. The summed E-state index contributed by atoms with van der Waals surface area (Å²) in [5.41, 5.74) is 2.70. The smallest absolute Gasteiger partial charge is 0.264 e. The molecular weight excluding hydrogens is 226 g/mol. The summed E-state index contributed by atoms with van der Waals surface area (Å²) in [4.78, 5) is 0. The number of nitrogens with zero attached hydrogens (tertiary/aromatic N) is 1. The van der Waals surface area contributed by atoms with Crippen molar-refractivity contribution >= 4 is 19.9 Å². The molecule has 0 radical (unpaired) electrons.